The molecule has 1 heterocycles. The zero-order chi connectivity index (χ0) is 26.6. The largest absolute Gasteiger partial charge is 0.384 e. The Morgan fingerprint density at radius 2 is 1.59 bits per heavy atom. The lowest BCUT2D eigenvalue weighted by Gasteiger charge is -2.31. The molecule has 1 saturated heterocycles. The maximum absolute atomic E-state index is 13.4. The Hall–Kier alpha value is -3.76. The number of rotatable bonds is 8. The average molecular weight is 522 g/mol. The van der Waals surface area contributed by atoms with Crippen molar-refractivity contribution in [3.63, 3.8) is 0 Å². The van der Waals surface area contributed by atoms with Crippen LogP contribution in [0.3, 0.4) is 0 Å². The van der Waals surface area contributed by atoms with Crippen LogP contribution in [0.2, 0.25) is 0 Å². The van der Waals surface area contributed by atoms with E-state index in [1.54, 1.807) is 47.4 Å². The summed E-state index contributed by atoms with van der Waals surface area (Å²) in [5, 5.41) is 9.85. The van der Waals surface area contributed by atoms with Crippen LogP contribution >= 0.6 is 0 Å². The van der Waals surface area contributed by atoms with Gasteiger partial charge in [0, 0.05) is 25.1 Å². The van der Waals surface area contributed by atoms with Crippen molar-refractivity contribution in [2.24, 2.45) is 11.5 Å². The molecule has 4 rings (SSSR count). The fourth-order valence-corrected chi connectivity index (χ4v) is 5.67. The molecular weight excluding hydrogens is 490 g/mol. The van der Waals surface area contributed by atoms with Crippen LogP contribution in [0.4, 0.5) is 0 Å². The number of benzene rings is 3. The van der Waals surface area contributed by atoms with E-state index in [2.05, 4.69) is 5.32 Å². The van der Waals surface area contributed by atoms with Gasteiger partial charge in [-0.05, 0) is 47.7 Å². The molecule has 0 saturated carbocycles. The maximum atomic E-state index is 13.4. The predicted molar refractivity (Wildman–Crippen MR) is 143 cm³/mol. The Labute approximate surface area is 216 Å². The molecular formula is C27H31N5O4S. The number of nitrogens with zero attached hydrogens (tertiary/aromatic N) is 1. The molecule has 2 atom stereocenters. The normalized spacial score (nSPS) is 15.6. The first kappa shape index (κ1) is 26.3. The standard InChI is InChI=1S/C27H31N5O4S/c28-24(29)20-10-8-18(9-11-20)16-23(27(34)32-14-4-1-5-15-32)31-26(33)25(30)37(35,36)22-13-12-19-6-2-3-7-21(19)17-22/h2-3,6-13,17,23,25H,1,4-5,14-16,30H2,(H3,28,29)(H,31,33)/t23-,25?/m0/s1. The van der Waals surface area contributed by atoms with E-state index >= 15 is 0 Å². The Morgan fingerprint density at radius 1 is 0.946 bits per heavy atom. The van der Waals surface area contributed by atoms with Crippen molar-refractivity contribution in [1.82, 2.24) is 10.2 Å². The monoisotopic (exact) mass is 521 g/mol. The number of carbonyl (C=O) groups is 2. The number of piperidine rings is 1. The number of likely N-dealkylation sites (tertiary alicyclic amines) is 1. The zero-order valence-electron chi connectivity index (χ0n) is 20.4. The maximum Gasteiger partial charge on any atom is 0.253 e. The third-order valence-electron chi connectivity index (χ3n) is 6.63. The topological polar surface area (TPSA) is 159 Å². The highest BCUT2D eigenvalue weighted by atomic mass is 32.2. The number of sulfone groups is 1. The van der Waals surface area contributed by atoms with Gasteiger partial charge in [-0.3, -0.25) is 15.0 Å². The number of hydrogen-bond acceptors (Lipinski definition) is 6. The molecule has 1 fully saturated rings. The van der Waals surface area contributed by atoms with Gasteiger partial charge >= 0.3 is 0 Å². The van der Waals surface area contributed by atoms with E-state index in [4.69, 9.17) is 16.9 Å². The van der Waals surface area contributed by atoms with Crippen LogP contribution in [0.5, 0.6) is 0 Å². The molecule has 2 amide bonds. The van der Waals surface area contributed by atoms with Crippen LogP contribution in [-0.2, 0) is 25.8 Å². The summed E-state index contributed by atoms with van der Waals surface area (Å²) in [5.41, 5.74) is 12.8. The third-order valence-corrected chi connectivity index (χ3v) is 8.42. The zero-order valence-corrected chi connectivity index (χ0v) is 21.2. The summed E-state index contributed by atoms with van der Waals surface area (Å²) >= 11 is 0. The van der Waals surface area contributed by atoms with Gasteiger partial charge in [-0.15, -0.1) is 0 Å². The number of nitrogens with one attached hydrogen (secondary N) is 2. The van der Waals surface area contributed by atoms with Gasteiger partial charge in [0.1, 0.15) is 11.9 Å². The van der Waals surface area contributed by atoms with Gasteiger partial charge in [0.15, 0.2) is 5.37 Å². The van der Waals surface area contributed by atoms with E-state index in [0.29, 0.717) is 24.0 Å². The Bertz CT molecular complexity index is 1420. The highest BCUT2D eigenvalue weighted by Gasteiger charge is 2.34. The van der Waals surface area contributed by atoms with E-state index in [0.717, 1.165) is 30.2 Å². The molecule has 0 bridgehead atoms. The summed E-state index contributed by atoms with van der Waals surface area (Å²) in [5.74, 6) is -1.30. The highest BCUT2D eigenvalue weighted by Crippen LogP contribution is 2.21. The van der Waals surface area contributed by atoms with Gasteiger partial charge in [0.25, 0.3) is 5.91 Å². The second-order valence-electron chi connectivity index (χ2n) is 9.24. The smallest absolute Gasteiger partial charge is 0.253 e. The molecule has 1 aliphatic heterocycles. The number of amidine groups is 1. The average Bonchev–Trinajstić information content (AvgIpc) is 2.92. The summed E-state index contributed by atoms with van der Waals surface area (Å²) < 4.78 is 26.4. The van der Waals surface area contributed by atoms with Crippen LogP contribution < -0.4 is 16.8 Å². The molecule has 3 aromatic rings. The SMILES string of the molecule is N=C(N)c1ccc(C[C@H](NC(=O)C(N)S(=O)(=O)c2ccc3ccccc3c2)C(=O)N2CCCCC2)cc1. The molecule has 0 radical (unpaired) electrons. The fourth-order valence-electron chi connectivity index (χ4n) is 4.48. The lowest BCUT2D eigenvalue weighted by molar-refractivity contribution is -0.137. The van der Waals surface area contributed by atoms with Gasteiger partial charge in [-0.2, -0.15) is 0 Å². The Kier molecular flexibility index (Phi) is 7.89. The first-order chi connectivity index (χ1) is 17.7. The first-order valence-electron chi connectivity index (χ1n) is 12.2. The molecule has 37 heavy (non-hydrogen) atoms. The number of nitrogen functional groups attached to an aromatic ring is 1. The number of hydrogen-bond donors (Lipinski definition) is 4. The van der Waals surface area contributed by atoms with E-state index in [1.807, 2.05) is 12.1 Å². The second-order valence-corrected chi connectivity index (χ2v) is 11.3. The lowest BCUT2D eigenvalue weighted by Crippen LogP contribution is -2.55. The van der Waals surface area contributed by atoms with Crippen molar-refractivity contribution in [1.29, 1.82) is 5.41 Å². The van der Waals surface area contributed by atoms with Crippen molar-refractivity contribution in [2.45, 2.75) is 42.0 Å². The number of fused-ring (bicyclic) bond motifs is 1. The van der Waals surface area contributed by atoms with Crippen LogP contribution in [0, 0.1) is 5.41 Å². The van der Waals surface area contributed by atoms with Crippen molar-refractivity contribution in [2.75, 3.05) is 13.1 Å². The number of amides is 2. The number of nitrogens with two attached hydrogens (primary N) is 2. The Morgan fingerprint density at radius 3 is 2.24 bits per heavy atom. The van der Waals surface area contributed by atoms with Gasteiger partial charge in [0.2, 0.25) is 15.7 Å². The minimum atomic E-state index is -4.21. The van der Waals surface area contributed by atoms with Crippen LogP contribution in [0.15, 0.2) is 71.6 Å². The minimum Gasteiger partial charge on any atom is -0.384 e. The summed E-state index contributed by atoms with van der Waals surface area (Å²) in [7, 11) is -4.21. The molecule has 0 aromatic heterocycles. The van der Waals surface area contributed by atoms with Crippen molar-refractivity contribution < 1.29 is 18.0 Å². The molecule has 0 spiro atoms. The van der Waals surface area contributed by atoms with Crippen molar-refractivity contribution in [3.05, 3.63) is 77.9 Å². The van der Waals surface area contributed by atoms with E-state index in [1.165, 1.54) is 12.1 Å². The minimum absolute atomic E-state index is 0.0624. The van der Waals surface area contributed by atoms with Crippen molar-refractivity contribution >= 4 is 38.3 Å². The molecule has 10 heteroatoms. The van der Waals surface area contributed by atoms with E-state index < -0.39 is 27.2 Å². The highest BCUT2D eigenvalue weighted by molar-refractivity contribution is 7.92. The molecule has 1 aliphatic rings. The molecule has 9 nitrogen and oxygen atoms in total. The summed E-state index contributed by atoms with van der Waals surface area (Å²) in [6.45, 7) is 1.16. The van der Waals surface area contributed by atoms with Crippen LogP contribution in [0.25, 0.3) is 10.8 Å². The fraction of sp³-hybridized carbons (Fsp3) is 0.296. The number of carbonyl (C=O) groups excluding carboxylic acids is 2. The molecule has 3 aromatic carbocycles. The van der Waals surface area contributed by atoms with E-state index in [-0.39, 0.29) is 23.1 Å². The first-order valence-corrected chi connectivity index (χ1v) is 13.7. The predicted octanol–water partition coefficient (Wildman–Crippen LogP) is 1.92. The molecule has 194 valence electrons. The van der Waals surface area contributed by atoms with Crippen LogP contribution in [0.1, 0.15) is 30.4 Å². The summed E-state index contributed by atoms with van der Waals surface area (Å²) in [6.07, 6.45) is 2.91. The van der Waals surface area contributed by atoms with Gasteiger partial charge < -0.3 is 21.7 Å². The third kappa shape index (κ3) is 5.98. The van der Waals surface area contributed by atoms with Gasteiger partial charge in [0.05, 0.1) is 4.90 Å². The van der Waals surface area contributed by atoms with Crippen molar-refractivity contribution in [3.8, 4) is 0 Å². The Balaban J connectivity index is 1.56. The summed E-state index contributed by atoms with van der Waals surface area (Å²) in [6, 6.07) is 17.7. The lowest BCUT2D eigenvalue weighted by atomic mass is 10.0. The van der Waals surface area contributed by atoms with Gasteiger partial charge in [-0.1, -0.05) is 54.6 Å². The quantitative estimate of drug-likeness (QED) is 0.262. The molecule has 1 unspecified atom stereocenters. The second kappa shape index (κ2) is 11.1. The van der Waals surface area contributed by atoms with E-state index in [9.17, 15) is 18.0 Å². The molecule has 0 aliphatic carbocycles. The molecule has 6 N–H and O–H groups in total. The van der Waals surface area contributed by atoms with Crippen LogP contribution in [-0.4, -0.2) is 55.5 Å². The van der Waals surface area contributed by atoms with Gasteiger partial charge in [-0.25, -0.2) is 8.42 Å². The summed E-state index contributed by atoms with van der Waals surface area (Å²) in [4.78, 5) is 28.1.